The first kappa shape index (κ1) is 14.9. The molecule has 0 spiro atoms. The van der Waals surface area contributed by atoms with Crippen molar-refractivity contribution in [1.82, 2.24) is 4.90 Å². The van der Waals surface area contributed by atoms with E-state index in [2.05, 4.69) is 11.4 Å². The van der Waals surface area contributed by atoms with Crippen LogP contribution in [0.4, 0.5) is 8.78 Å². The van der Waals surface area contributed by atoms with E-state index in [1.807, 2.05) is 0 Å². The summed E-state index contributed by atoms with van der Waals surface area (Å²) in [5, 5.41) is 9.74. The van der Waals surface area contributed by atoms with Crippen molar-refractivity contribution in [2.45, 2.75) is 44.6 Å². The average molecular weight is 294 g/mol. The highest BCUT2D eigenvalue weighted by atomic mass is 19.1. The van der Waals surface area contributed by atoms with Gasteiger partial charge in [0.15, 0.2) is 0 Å². The third-order valence-corrected chi connectivity index (χ3v) is 4.92. The Morgan fingerprint density at radius 3 is 2.43 bits per heavy atom. The van der Waals surface area contributed by atoms with E-state index in [9.17, 15) is 13.9 Å². The molecule has 1 heterocycles. The van der Waals surface area contributed by atoms with Crippen molar-refractivity contribution in [2.75, 3.05) is 13.2 Å². The van der Waals surface area contributed by atoms with Gasteiger partial charge in [-0.15, -0.1) is 0 Å². The molecule has 1 aromatic rings. The molecular weight excluding hydrogens is 272 g/mol. The highest BCUT2D eigenvalue weighted by molar-refractivity contribution is 5.23. The van der Waals surface area contributed by atoms with Gasteiger partial charge in [0, 0.05) is 24.1 Å². The Hall–Kier alpha value is -1.00. The highest BCUT2D eigenvalue weighted by Gasteiger charge is 2.39. The lowest BCUT2D eigenvalue weighted by Gasteiger charge is -2.34. The maximum absolute atomic E-state index is 13.4. The summed E-state index contributed by atoms with van der Waals surface area (Å²) in [6.45, 7) is 3.21. The quantitative estimate of drug-likeness (QED) is 0.912. The summed E-state index contributed by atoms with van der Waals surface area (Å²) in [7, 11) is 0. The molecule has 1 saturated carbocycles. The lowest BCUT2D eigenvalue weighted by Crippen LogP contribution is -2.33. The summed E-state index contributed by atoms with van der Waals surface area (Å²) in [5.41, 5.74) is 0.571. The standard InChI is InChI=1S/C17H22F2NO/c18-14-8-13(9-15(19)10-14)16-4-3-7-20(16)11-17(12-21)5-1-2-6-17/h8-11,16,21H,1-7,12H2/t16-/m1/s1. The Bertz CT molecular complexity index is 479. The summed E-state index contributed by atoms with van der Waals surface area (Å²) in [6.07, 6.45) is 6.21. The predicted octanol–water partition coefficient (Wildman–Crippen LogP) is 3.82. The first-order chi connectivity index (χ1) is 10.1. The molecule has 3 rings (SSSR count). The minimum Gasteiger partial charge on any atom is -0.396 e. The van der Waals surface area contributed by atoms with Crippen LogP contribution < -0.4 is 0 Å². The van der Waals surface area contributed by atoms with Crippen molar-refractivity contribution in [2.24, 2.45) is 5.41 Å². The van der Waals surface area contributed by atoms with Crippen molar-refractivity contribution in [3.8, 4) is 0 Å². The van der Waals surface area contributed by atoms with Crippen LogP contribution >= 0.6 is 0 Å². The lowest BCUT2D eigenvalue weighted by molar-refractivity contribution is 0.113. The van der Waals surface area contributed by atoms with Crippen LogP contribution in [0.1, 0.15) is 50.1 Å². The minimum atomic E-state index is -0.519. The summed E-state index contributed by atoms with van der Waals surface area (Å²) in [4.78, 5) is 2.19. The Morgan fingerprint density at radius 1 is 1.14 bits per heavy atom. The van der Waals surface area contributed by atoms with E-state index < -0.39 is 11.6 Å². The molecule has 4 heteroatoms. The van der Waals surface area contributed by atoms with E-state index in [0.29, 0.717) is 5.56 Å². The van der Waals surface area contributed by atoms with E-state index in [4.69, 9.17) is 0 Å². The van der Waals surface area contributed by atoms with Crippen LogP contribution in [0.3, 0.4) is 0 Å². The normalized spacial score (nSPS) is 25.6. The Morgan fingerprint density at radius 2 is 1.81 bits per heavy atom. The summed E-state index contributed by atoms with van der Waals surface area (Å²) >= 11 is 0. The molecule has 0 amide bonds. The van der Waals surface area contributed by atoms with Gasteiger partial charge in [-0.1, -0.05) is 12.8 Å². The van der Waals surface area contributed by atoms with Crippen LogP contribution in [-0.2, 0) is 0 Å². The van der Waals surface area contributed by atoms with Gasteiger partial charge in [-0.25, -0.2) is 8.78 Å². The van der Waals surface area contributed by atoms with Gasteiger partial charge in [0.25, 0.3) is 0 Å². The number of likely N-dealkylation sites (tertiary alicyclic amines) is 1. The van der Waals surface area contributed by atoms with Gasteiger partial charge in [-0.05, 0) is 49.9 Å². The molecule has 1 aromatic carbocycles. The summed E-state index contributed by atoms with van der Waals surface area (Å²) < 4.78 is 26.9. The van der Waals surface area contributed by atoms with E-state index >= 15 is 0 Å². The fraction of sp³-hybridized carbons (Fsp3) is 0.588. The Kier molecular flexibility index (Phi) is 4.27. The fourth-order valence-electron chi connectivity index (χ4n) is 3.83. The largest absolute Gasteiger partial charge is 0.396 e. The van der Waals surface area contributed by atoms with Crippen LogP contribution in [0.2, 0.25) is 0 Å². The molecule has 1 aliphatic carbocycles. The van der Waals surface area contributed by atoms with Crippen LogP contribution in [0.5, 0.6) is 0 Å². The van der Waals surface area contributed by atoms with Gasteiger partial charge < -0.3 is 5.11 Å². The number of benzene rings is 1. The minimum absolute atomic E-state index is 0.0271. The van der Waals surface area contributed by atoms with Crippen LogP contribution in [0.25, 0.3) is 0 Å². The summed E-state index contributed by atoms with van der Waals surface area (Å²) in [5.74, 6) is -1.04. The van der Waals surface area contributed by atoms with E-state index in [0.717, 1.165) is 51.1 Å². The summed E-state index contributed by atoms with van der Waals surface area (Å²) in [6, 6.07) is 3.80. The SMILES string of the molecule is OCC1([CH]N2CCC[C@@H]2c2cc(F)cc(F)c2)CCCC1. The number of rotatable bonds is 4. The second-order valence-electron chi connectivity index (χ2n) is 6.46. The van der Waals surface area contributed by atoms with Crippen molar-refractivity contribution in [3.05, 3.63) is 41.9 Å². The first-order valence-corrected chi connectivity index (χ1v) is 7.81. The number of nitrogens with zero attached hydrogens (tertiary/aromatic N) is 1. The molecule has 1 N–H and O–H groups in total. The number of aliphatic hydroxyl groups is 1. The van der Waals surface area contributed by atoms with Crippen molar-refractivity contribution in [1.29, 1.82) is 0 Å². The zero-order chi connectivity index (χ0) is 14.9. The van der Waals surface area contributed by atoms with Crippen LogP contribution in [0, 0.1) is 23.6 Å². The van der Waals surface area contributed by atoms with Gasteiger partial charge in [-0.3, -0.25) is 4.90 Å². The molecule has 1 radical (unpaired) electrons. The monoisotopic (exact) mass is 294 g/mol. The zero-order valence-electron chi connectivity index (χ0n) is 12.2. The number of hydrogen-bond donors (Lipinski definition) is 1. The number of aliphatic hydroxyl groups excluding tert-OH is 1. The highest BCUT2D eigenvalue weighted by Crippen LogP contribution is 2.45. The van der Waals surface area contributed by atoms with Crippen molar-refractivity contribution < 1.29 is 13.9 Å². The molecule has 21 heavy (non-hydrogen) atoms. The molecule has 2 fully saturated rings. The average Bonchev–Trinajstić information content (AvgIpc) is 3.08. The van der Waals surface area contributed by atoms with Crippen LogP contribution in [-0.4, -0.2) is 23.2 Å². The van der Waals surface area contributed by atoms with Gasteiger partial charge >= 0.3 is 0 Å². The molecule has 2 nitrogen and oxygen atoms in total. The third kappa shape index (κ3) is 3.11. The second kappa shape index (κ2) is 6.01. The molecule has 0 bridgehead atoms. The fourth-order valence-corrected chi connectivity index (χ4v) is 3.83. The molecule has 2 aliphatic rings. The molecule has 1 atom stereocenters. The van der Waals surface area contributed by atoms with Crippen LogP contribution in [0.15, 0.2) is 18.2 Å². The second-order valence-corrected chi connectivity index (χ2v) is 6.46. The maximum Gasteiger partial charge on any atom is 0.126 e. The number of halogens is 2. The lowest BCUT2D eigenvalue weighted by atomic mass is 9.86. The number of hydrogen-bond acceptors (Lipinski definition) is 2. The molecule has 1 aliphatic heterocycles. The van der Waals surface area contributed by atoms with Gasteiger partial charge in [0.05, 0.1) is 6.61 Å². The molecule has 0 unspecified atom stereocenters. The Labute approximate surface area is 124 Å². The van der Waals surface area contributed by atoms with E-state index in [1.54, 1.807) is 0 Å². The molecule has 0 aromatic heterocycles. The maximum atomic E-state index is 13.4. The third-order valence-electron chi connectivity index (χ3n) is 4.92. The Balaban J connectivity index is 1.79. The molecule has 1 saturated heterocycles. The van der Waals surface area contributed by atoms with Gasteiger partial charge in [0.1, 0.15) is 11.6 Å². The molecular formula is C17H22F2NO. The van der Waals surface area contributed by atoms with Crippen molar-refractivity contribution in [3.63, 3.8) is 0 Å². The topological polar surface area (TPSA) is 23.5 Å². The molecule has 115 valence electrons. The van der Waals surface area contributed by atoms with Gasteiger partial charge in [-0.2, -0.15) is 0 Å². The van der Waals surface area contributed by atoms with Gasteiger partial charge in [0.2, 0.25) is 0 Å². The zero-order valence-corrected chi connectivity index (χ0v) is 12.2. The smallest absolute Gasteiger partial charge is 0.126 e. The first-order valence-electron chi connectivity index (χ1n) is 7.81. The predicted molar refractivity (Wildman–Crippen MR) is 77.3 cm³/mol. The van der Waals surface area contributed by atoms with E-state index in [1.165, 1.54) is 12.1 Å². The van der Waals surface area contributed by atoms with Crippen molar-refractivity contribution >= 4 is 0 Å². The van der Waals surface area contributed by atoms with E-state index in [-0.39, 0.29) is 18.1 Å².